The molecule has 2 aromatic heterocycles. The van der Waals surface area contributed by atoms with E-state index in [2.05, 4.69) is 31.2 Å². The van der Waals surface area contributed by atoms with Gasteiger partial charge in [-0.3, -0.25) is 0 Å². The van der Waals surface area contributed by atoms with Crippen molar-refractivity contribution in [1.29, 1.82) is 0 Å². The van der Waals surface area contributed by atoms with Crippen LogP contribution in [0.25, 0.3) is 5.65 Å². The van der Waals surface area contributed by atoms with Crippen LogP contribution in [0.2, 0.25) is 5.02 Å². The maximum Gasteiger partial charge on any atom is 0.178 e. The molecule has 23 heavy (non-hydrogen) atoms. The highest BCUT2D eigenvalue weighted by atomic mass is 35.5. The van der Waals surface area contributed by atoms with Crippen LogP contribution in [-0.4, -0.2) is 46.0 Å². The molecule has 1 fully saturated rings. The summed E-state index contributed by atoms with van der Waals surface area (Å²) in [6.07, 6.45) is 0. The standard InChI is InChI=1S/C16H17ClN6/c1-12-18-19-15-6-7-16(20-23(12)15)22-10-8-21(9-11-22)14-5-3-2-4-13(14)17/h2-7H,8-11H2,1H3. The Morgan fingerprint density at radius 2 is 1.65 bits per heavy atom. The number of hydrogen-bond acceptors (Lipinski definition) is 5. The maximum atomic E-state index is 6.30. The van der Waals surface area contributed by atoms with Gasteiger partial charge in [-0.2, -0.15) is 4.52 Å². The van der Waals surface area contributed by atoms with Gasteiger partial charge in [0.2, 0.25) is 0 Å². The van der Waals surface area contributed by atoms with Gasteiger partial charge in [0.25, 0.3) is 0 Å². The average molecular weight is 329 g/mol. The lowest BCUT2D eigenvalue weighted by Gasteiger charge is -2.37. The SMILES string of the molecule is Cc1nnc2ccc(N3CCN(c4ccccc4Cl)CC3)nn12. The highest BCUT2D eigenvalue weighted by Crippen LogP contribution is 2.26. The Kier molecular flexibility index (Phi) is 3.53. The van der Waals surface area contributed by atoms with Crippen molar-refractivity contribution in [3.8, 4) is 0 Å². The number of benzene rings is 1. The van der Waals surface area contributed by atoms with E-state index in [0.717, 1.165) is 54.2 Å². The minimum absolute atomic E-state index is 0.779. The molecule has 1 aromatic carbocycles. The molecule has 0 spiro atoms. The second kappa shape index (κ2) is 5.70. The van der Waals surface area contributed by atoms with E-state index in [1.807, 2.05) is 37.3 Å². The summed E-state index contributed by atoms with van der Waals surface area (Å²) >= 11 is 6.30. The van der Waals surface area contributed by atoms with Gasteiger partial charge in [0.1, 0.15) is 5.82 Å². The van der Waals surface area contributed by atoms with E-state index in [0.29, 0.717) is 0 Å². The number of nitrogens with zero attached hydrogens (tertiary/aromatic N) is 6. The molecule has 1 saturated heterocycles. The van der Waals surface area contributed by atoms with E-state index in [1.165, 1.54) is 0 Å². The van der Waals surface area contributed by atoms with Gasteiger partial charge in [-0.05, 0) is 31.2 Å². The van der Waals surface area contributed by atoms with Crippen LogP contribution < -0.4 is 9.80 Å². The lowest BCUT2D eigenvalue weighted by molar-refractivity contribution is 0.640. The van der Waals surface area contributed by atoms with Gasteiger partial charge in [0, 0.05) is 26.2 Å². The molecule has 0 bridgehead atoms. The molecule has 118 valence electrons. The van der Waals surface area contributed by atoms with Gasteiger partial charge in [0.15, 0.2) is 11.5 Å². The third kappa shape index (κ3) is 2.59. The van der Waals surface area contributed by atoms with Crippen LogP contribution in [0, 0.1) is 6.92 Å². The monoisotopic (exact) mass is 328 g/mol. The fourth-order valence-corrected chi connectivity index (χ4v) is 3.20. The van der Waals surface area contributed by atoms with Gasteiger partial charge in [-0.25, -0.2) is 0 Å². The van der Waals surface area contributed by atoms with Crippen molar-refractivity contribution >= 4 is 28.8 Å². The van der Waals surface area contributed by atoms with Gasteiger partial charge in [-0.1, -0.05) is 23.7 Å². The van der Waals surface area contributed by atoms with E-state index in [1.54, 1.807) is 4.52 Å². The highest BCUT2D eigenvalue weighted by molar-refractivity contribution is 6.33. The minimum atomic E-state index is 0.779. The number of hydrogen-bond donors (Lipinski definition) is 0. The van der Waals surface area contributed by atoms with Crippen molar-refractivity contribution in [3.05, 3.63) is 47.2 Å². The summed E-state index contributed by atoms with van der Waals surface area (Å²) in [5, 5.41) is 13.6. The van der Waals surface area contributed by atoms with Crippen LogP contribution in [0.15, 0.2) is 36.4 Å². The molecule has 0 saturated carbocycles. The Labute approximate surface area is 139 Å². The Morgan fingerprint density at radius 3 is 2.43 bits per heavy atom. The Bertz CT molecular complexity index is 837. The van der Waals surface area contributed by atoms with E-state index >= 15 is 0 Å². The number of halogens is 1. The molecule has 4 rings (SSSR count). The van der Waals surface area contributed by atoms with E-state index in [-0.39, 0.29) is 0 Å². The Balaban J connectivity index is 1.52. The Morgan fingerprint density at radius 1 is 0.913 bits per heavy atom. The van der Waals surface area contributed by atoms with Crippen molar-refractivity contribution in [2.24, 2.45) is 0 Å². The lowest BCUT2D eigenvalue weighted by Crippen LogP contribution is -2.47. The predicted molar refractivity (Wildman–Crippen MR) is 91.4 cm³/mol. The summed E-state index contributed by atoms with van der Waals surface area (Å²) in [5.74, 6) is 1.76. The van der Waals surface area contributed by atoms with Crippen molar-refractivity contribution in [3.63, 3.8) is 0 Å². The molecule has 0 unspecified atom stereocenters. The molecule has 7 heteroatoms. The van der Waals surface area contributed by atoms with Crippen molar-refractivity contribution in [1.82, 2.24) is 19.8 Å². The number of aromatic nitrogens is 4. The summed E-state index contributed by atoms with van der Waals surface area (Å²) in [4.78, 5) is 4.60. The van der Waals surface area contributed by atoms with Crippen LogP contribution in [-0.2, 0) is 0 Å². The minimum Gasteiger partial charge on any atom is -0.367 e. The first kappa shape index (κ1) is 14.3. The lowest BCUT2D eigenvalue weighted by atomic mass is 10.2. The summed E-state index contributed by atoms with van der Waals surface area (Å²) in [6, 6.07) is 12.0. The predicted octanol–water partition coefficient (Wildman–Crippen LogP) is 2.41. The second-order valence-electron chi connectivity index (χ2n) is 5.63. The zero-order chi connectivity index (χ0) is 15.8. The Hall–Kier alpha value is -2.34. The first-order valence-electron chi connectivity index (χ1n) is 7.66. The molecule has 0 radical (unpaired) electrons. The normalized spacial score (nSPS) is 15.4. The molecule has 3 aromatic rings. The molecular weight excluding hydrogens is 312 g/mol. The second-order valence-corrected chi connectivity index (χ2v) is 6.04. The van der Waals surface area contributed by atoms with Crippen molar-refractivity contribution in [2.45, 2.75) is 6.92 Å². The quantitative estimate of drug-likeness (QED) is 0.723. The number of rotatable bonds is 2. The van der Waals surface area contributed by atoms with Crippen molar-refractivity contribution in [2.75, 3.05) is 36.0 Å². The third-order valence-corrected chi connectivity index (χ3v) is 4.52. The summed E-state index contributed by atoms with van der Waals surface area (Å²) < 4.78 is 1.79. The maximum absolute atomic E-state index is 6.30. The van der Waals surface area contributed by atoms with Gasteiger partial charge >= 0.3 is 0 Å². The molecule has 6 nitrogen and oxygen atoms in total. The van der Waals surface area contributed by atoms with E-state index in [9.17, 15) is 0 Å². The molecule has 0 N–H and O–H groups in total. The zero-order valence-corrected chi connectivity index (χ0v) is 13.6. The molecule has 1 aliphatic heterocycles. The third-order valence-electron chi connectivity index (χ3n) is 4.20. The topological polar surface area (TPSA) is 49.6 Å². The van der Waals surface area contributed by atoms with Crippen LogP contribution in [0.3, 0.4) is 0 Å². The fraction of sp³-hybridized carbons (Fsp3) is 0.312. The average Bonchev–Trinajstić information content (AvgIpc) is 2.96. The first-order valence-corrected chi connectivity index (χ1v) is 8.04. The smallest absolute Gasteiger partial charge is 0.178 e. The zero-order valence-electron chi connectivity index (χ0n) is 12.9. The number of aryl methyl sites for hydroxylation is 1. The summed E-state index contributed by atoms with van der Waals surface area (Å²) in [6.45, 7) is 5.57. The van der Waals surface area contributed by atoms with Gasteiger partial charge < -0.3 is 9.80 Å². The van der Waals surface area contributed by atoms with Crippen LogP contribution in [0.5, 0.6) is 0 Å². The number of para-hydroxylation sites is 1. The van der Waals surface area contributed by atoms with Crippen LogP contribution in [0.1, 0.15) is 5.82 Å². The van der Waals surface area contributed by atoms with Gasteiger partial charge in [0.05, 0.1) is 10.7 Å². The molecule has 0 amide bonds. The van der Waals surface area contributed by atoms with E-state index < -0.39 is 0 Å². The molecule has 3 heterocycles. The largest absolute Gasteiger partial charge is 0.367 e. The number of anilines is 2. The fourth-order valence-electron chi connectivity index (χ4n) is 2.94. The molecule has 0 aliphatic carbocycles. The van der Waals surface area contributed by atoms with Crippen LogP contribution >= 0.6 is 11.6 Å². The highest BCUT2D eigenvalue weighted by Gasteiger charge is 2.20. The first-order chi connectivity index (χ1) is 11.2. The molecule has 0 atom stereocenters. The van der Waals surface area contributed by atoms with Crippen molar-refractivity contribution < 1.29 is 0 Å². The van der Waals surface area contributed by atoms with Crippen LogP contribution in [0.4, 0.5) is 11.5 Å². The number of piperazine rings is 1. The summed E-state index contributed by atoms with van der Waals surface area (Å²) in [5.41, 5.74) is 1.88. The molecular formula is C16H17ClN6. The number of fused-ring (bicyclic) bond motifs is 1. The van der Waals surface area contributed by atoms with E-state index in [4.69, 9.17) is 11.6 Å². The molecule has 1 aliphatic rings. The summed E-state index contributed by atoms with van der Waals surface area (Å²) in [7, 11) is 0. The van der Waals surface area contributed by atoms with Gasteiger partial charge in [-0.15, -0.1) is 15.3 Å².